The molecule has 4 N–H and O–H groups in total. The molecule has 6 heteroatoms. The maximum Gasteiger partial charge on any atom is 0.185 e. The van der Waals surface area contributed by atoms with E-state index in [1.54, 1.807) is 0 Å². The summed E-state index contributed by atoms with van der Waals surface area (Å²) in [6, 6.07) is 30.0. The molecule has 0 unspecified atom stereocenters. The maximum atomic E-state index is 5.82. The van der Waals surface area contributed by atoms with Crippen LogP contribution in [0.4, 0.5) is 0 Å². The summed E-state index contributed by atoms with van der Waals surface area (Å²) in [4.78, 5) is 3.88. The van der Waals surface area contributed by atoms with Crippen LogP contribution in [0.5, 0.6) is 11.5 Å². The van der Waals surface area contributed by atoms with E-state index in [1.807, 2.05) is 78.9 Å². The Morgan fingerprint density at radius 2 is 1.06 bits per heavy atom. The third kappa shape index (κ3) is 15.4. The predicted molar refractivity (Wildman–Crippen MR) is 148 cm³/mol. The van der Waals surface area contributed by atoms with Crippen molar-refractivity contribution in [2.75, 3.05) is 26.4 Å². The van der Waals surface area contributed by atoms with Crippen LogP contribution in [0.15, 0.2) is 96.0 Å². The first kappa shape index (κ1) is 28.7. The second kappa shape index (κ2) is 19.8. The molecule has 0 aliphatic rings. The Labute approximate surface area is 216 Å². The van der Waals surface area contributed by atoms with Crippen LogP contribution in [0.25, 0.3) is 0 Å². The van der Waals surface area contributed by atoms with Gasteiger partial charge in [0.2, 0.25) is 0 Å². The molecule has 0 saturated carbocycles. The van der Waals surface area contributed by atoms with Gasteiger partial charge in [-0.15, -0.1) is 0 Å². The van der Waals surface area contributed by atoms with Crippen LogP contribution in [-0.4, -0.2) is 32.3 Å². The van der Waals surface area contributed by atoms with Gasteiger partial charge in [-0.25, -0.2) is 0 Å². The number of ether oxygens (including phenoxy) is 3. The molecular formula is C30H41N3O3. The average molecular weight is 492 g/mol. The zero-order valence-corrected chi connectivity index (χ0v) is 21.3. The highest BCUT2D eigenvalue weighted by Gasteiger charge is 1.99. The Hall–Kier alpha value is -3.51. The monoisotopic (exact) mass is 491 g/mol. The third-order valence-electron chi connectivity index (χ3n) is 5.22. The molecule has 0 spiro atoms. The van der Waals surface area contributed by atoms with Crippen molar-refractivity contribution in [3.05, 3.63) is 96.6 Å². The van der Waals surface area contributed by atoms with Crippen LogP contribution in [0, 0.1) is 0 Å². The lowest BCUT2D eigenvalue weighted by Gasteiger charge is -2.09. The van der Waals surface area contributed by atoms with Crippen molar-refractivity contribution in [2.45, 2.75) is 45.1 Å². The highest BCUT2D eigenvalue weighted by molar-refractivity contribution is 5.75. The summed E-state index contributed by atoms with van der Waals surface area (Å²) in [5, 5.41) is 0. The summed E-state index contributed by atoms with van der Waals surface area (Å²) < 4.78 is 17.1. The molecule has 194 valence electrons. The van der Waals surface area contributed by atoms with E-state index < -0.39 is 0 Å². The van der Waals surface area contributed by atoms with Crippen molar-refractivity contribution in [1.29, 1.82) is 0 Å². The molecule has 0 atom stereocenters. The largest absolute Gasteiger partial charge is 0.494 e. The van der Waals surface area contributed by atoms with Crippen molar-refractivity contribution < 1.29 is 14.2 Å². The number of hydrogen-bond acceptors (Lipinski definition) is 4. The fraction of sp³-hybridized carbons (Fsp3) is 0.367. The summed E-state index contributed by atoms with van der Waals surface area (Å²) in [6.07, 6.45) is 6.98. The highest BCUT2D eigenvalue weighted by atomic mass is 16.5. The van der Waals surface area contributed by atoms with Gasteiger partial charge in [0.05, 0.1) is 19.8 Å². The first-order chi connectivity index (χ1) is 17.7. The first-order valence-electron chi connectivity index (χ1n) is 12.8. The minimum Gasteiger partial charge on any atom is -0.494 e. The molecule has 0 radical (unpaired) electrons. The van der Waals surface area contributed by atoms with Gasteiger partial charge in [0.1, 0.15) is 18.1 Å². The maximum absolute atomic E-state index is 5.82. The van der Waals surface area contributed by atoms with E-state index >= 15 is 0 Å². The summed E-state index contributed by atoms with van der Waals surface area (Å²) in [5.41, 5.74) is 11.7. The zero-order valence-electron chi connectivity index (χ0n) is 21.3. The molecule has 3 rings (SSSR count). The molecule has 36 heavy (non-hydrogen) atoms. The highest BCUT2D eigenvalue weighted by Crippen LogP contribution is 2.19. The lowest BCUT2D eigenvalue weighted by molar-refractivity contribution is 0.137. The van der Waals surface area contributed by atoms with Crippen LogP contribution in [0.3, 0.4) is 0 Å². The molecule has 0 bridgehead atoms. The van der Waals surface area contributed by atoms with Crippen molar-refractivity contribution in [3.8, 4) is 11.5 Å². The number of hydrogen-bond donors (Lipinski definition) is 2. The fourth-order valence-corrected chi connectivity index (χ4v) is 3.30. The van der Waals surface area contributed by atoms with Crippen LogP contribution in [-0.2, 0) is 11.3 Å². The number of guanidine groups is 1. The van der Waals surface area contributed by atoms with Gasteiger partial charge in [-0.05, 0) is 42.7 Å². The molecule has 3 aromatic rings. The Morgan fingerprint density at radius 1 is 0.556 bits per heavy atom. The van der Waals surface area contributed by atoms with E-state index in [9.17, 15) is 0 Å². The molecule has 0 fully saturated rings. The Morgan fingerprint density at radius 3 is 1.64 bits per heavy atom. The Kier molecular flexibility index (Phi) is 15.8. The lowest BCUT2D eigenvalue weighted by Crippen LogP contribution is -2.23. The number of nitrogens with two attached hydrogens (primary N) is 2. The van der Waals surface area contributed by atoms with Crippen molar-refractivity contribution in [1.82, 2.24) is 0 Å². The smallest absolute Gasteiger partial charge is 0.185 e. The minimum atomic E-state index is 0.118. The van der Waals surface area contributed by atoms with Gasteiger partial charge in [-0.3, -0.25) is 4.99 Å². The fourth-order valence-electron chi connectivity index (χ4n) is 3.30. The van der Waals surface area contributed by atoms with Gasteiger partial charge >= 0.3 is 0 Å². The van der Waals surface area contributed by atoms with Gasteiger partial charge in [0.25, 0.3) is 0 Å². The van der Waals surface area contributed by atoms with Gasteiger partial charge < -0.3 is 25.7 Å². The normalized spacial score (nSPS) is 10.1. The molecule has 0 heterocycles. The second-order valence-corrected chi connectivity index (χ2v) is 8.29. The molecule has 3 aromatic carbocycles. The van der Waals surface area contributed by atoms with Gasteiger partial charge in [0.15, 0.2) is 5.96 Å². The van der Waals surface area contributed by atoms with E-state index in [-0.39, 0.29) is 5.96 Å². The van der Waals surface area contributed by atoms with E-state index in [0.29, 0.717) is 19.8 Å². The van der Waals surface area contributed by atoms with Crippen molar-refractivity contribution in [2.24, 2.45) is 16.5 Å². The van der Waals surface area contributed by atoms with Crippen LogP contribution >= 0.6 is 0 Å². The Balaban J connectivity index is 0.000000662. The van der Waals surface area contributed by atoms with Crippen LogP contribution < -0.4 is 20.9 Å². The standard InChI is InChI=1S/C24H35N3O3.C6H6/c25-24(26)27-16-19-28-17-8-3-1-2-4-9-18-29-22-12-14-23(15-13-22)30-20-21-10-6-5-7-11-21;1-2-4-6-5-3-1/h5-7,10-15H,1-4,8-9,16-20H2,(H4,25,26,27);1-6H. The van der Waals surface area contributed by atoms with E-state index in [4.69, 9.17) is 25.7 Å². The molecule has 0 amide bonds. The summed E-state index contributed by atoms with van der Waals surface area (Å²) in [7, 11) is 0. The van der Waals surface area contributed by atoms with Gasteiger partial charge in [0, 0.05) is 6.61 Å². The molecule has 0 aromatic heterocycles. The van der Waals surface area contributed by atoms with E-state index in [1.165, 1.54) is 25.7 Å². The van der Waals surface area contributed by atoms with Crippen LogP contribution in [0.2, 0.25) is 0 Å². The molecule has 0 aliphatic heterocycles. The van der Waals surface area contributed by atoms with Crippen LogP contribution in [0.1, 0.15) is 44.1 Å². The second-order valence-electron chi connectivity index (χ2n) is 8.29. The molecular weight excluding hydrogens is 450 g/mol. The average Bonchev–Trinajstić information content (AvgIpc) is 2.92. The predicted octanol–water partition coefficient (Wildman–Crippen LogP) is 5.96. The van der Waals surface area contributed by atoms with Crippen molar-refractivity contribution >= 4 is 5.96 Å². The topological polar surface area (TPSA) is 92.1 Å². The molecule has 0 aliphatic carbocycles. The van der Waals surface area contributed by atoms with Crippen molar-refractivity contribution in [3.63, 3.8) is 0 Å². The van der Waals surface area contributed by atoms with E-state index in [0.717, 1.165) is 43.1 Å². The number of benzene rings is 3. The summed E-state index contributed by atoms with van der Waals surface area (Å²) in [5.74, 6) is 1.86. The quantitative estimate of drug-likeness (QED) is 0.146. The number of aliphatic imine (C=N–C) groups is 1. The minimum absolute atomic E-state index is 0.118. The summed E-state index contributed by atoms with van der Waals surface area (Å²) >= 11 is 0. The zero-order chi connectivity index (χ0) is 25.5. The third-order valence-corrected chi connectivity index (χ3v) is 5.22. The Bertz CT molecular complexity index is 888. The number of rotatable bonds is 16. The van der Waals surface area contributed by atoms with Gasteiger partial charge in [-0.2, -0.15) is 0 Å². The molecule has 6 nitrogen and oxygen atoms in total. The van der Waals surface area contributed by atoms with E-state index in [2.05, 4.69) is 17.1 Å². The summed E-state index contributed by atoms with van der Waals surface area (Å²) in [6.45, 7) is 3.21. The number of nitrogens with zero attached hydrogens (tertiary/aromatic N) is 1. The first-order valence-corrected chi connectivity index (χ1v) is 12.8. The SMILES string of the molecule is NC(N)=NCCOCCCCCCCCOc1ccc(OCc2ccccc2)cc1.c1ccccc1. The molecule has 0 saturated heterocycles. The van der Waals surface area contributed by atoms with Gasteiger partial charge in [-0.1, -0.05) is 92.4 Å². The number of unbranched alkanes of at least 4 members (excludes halogenated alkanes) is 5. The lowest BCUT2D eigenvalue weighted by atomic mass is 10.1.